The second-order valence-electron chi connectivity index (χ2n) is 6.29. The van der Waals surface area contributed by atoms with Crippen LogP contribution in [0.5, 0.6) is 0 Å². The lowest BCUT2D eigenvalue weighted by molar-refractivity contribution is -0.135. The minimum Gasteiger partial charge on any atom is -0.336 e. The number of amides is 1. The highest BCUT2D eigenvalue weighted by Gasteiger charge is 2.35. The zero-order chi connectivity index (χ0) is 17.0. The van der Waals surface area contributed by atoms with Crippen LogP contribution >= 0.6 is 0 Å². The van der Waals surface area contributed by atoms with Crippen LogP contribution in [-0.2, 0) is 21.2 Å². The summed E-state index contributed by atoms with van der Waals surface area (Å²) in [6.45, 7) is 6.54. The minimum atomic E-state index is -3.35. The van der Waals surface area contributed by atoms with Crippen LogP contribution < -0.4 is 0 Å². The largest absolute Gasteiger partial charge is 0.336 e. The van der Waals surface area contributed by atoms with Gasteiger partial charge in [0.1, 0.15) is 5.25 Å². The molecule has 0 radical (unpaired) electrons. The van der Waals surface area contributed by atoms with E-state index in [4.69, 9.17) is 0 Å². The quantitative estimate of drug-likeness (QED) is 0.817. The lowest BCUT2D eigenvalue weighted by Gasteiger charge is -2.42. The summed E-state index contributed by atoms with van der Waals surface area (Å²) < 4.78 is 23.3. The number of benzene rings is 1. The summed E-state index contributed by atoms with van der Waals surface area (Å²) in [6.07, 6.45) is 1.95. The van der Waals surface area contributed by atoms with Gasteiger partial charge < -0.3 is 4.90 Å². The lowest BCUT2D eigenvalue weighted by atomic mass is 10.1. The topological polar surface area (TPSA) is 57.7 Å². The molecule has 1 aliphatic rings. The highest BCUT2D eigenvalue weighted by molar-refractivity contribution is 7.92. The van der Waals surface area contributed by atoms with Crippen LogP contribution in [0.2, 0.25) is 0 Å². The lowest BCUT2D eigenvalue weighted by Crippen LogP contribution is -2.57. The van der Waals surface area contributed by atoms with Crippen molar-refractivity contribution in [1.29, 1.82) is 0 Å². The average Bonchev–Trinajstić information content (AvgIpc) is 2.53. The zero-order valence-electron chi connectivity index (χ0n) is 14.1. The van der Waals surface area contributed by atoms with E-state index in [-0.39, 0.29) is 11.9 Å². The van der Waals surface area contributed by atoms with E-state index in [2.05, 4.69) is 17.0 Å². The summed E-state index contributed by atoms with van der Waals surface area (Å²) in [5.74, 6) is -0.265. The molecule has 1 aliphatic heterocycles. The van der Waals surface area contributed by atoms with Gasteiger partial charge in [0.2, 0.25) is 5.91 Å². The normalized spacial score (nSPS) is 21.2. The standard InChI is InChI=1S/C17H26N2O3S/c1-4-16-13-18(12-15-8-6-5-7-9-15)10-11-19(16)17(20)14(2)23(3,21)22/h5-9,14,16H,4,10-13H2,1-3H3/t14-,16+/m1/s1. The van der Waals surface area contributed by atoms with Gasteiger partial charge in [-0.1, -0.05) is 37.3 Å². The Kier molecular flexibility index (Phi) is 5.81. The van der Waals surface area contributed by atoms with Crippen molar-refractivity contribution in [1.82, 2.24) is 9.80 Å². The second kappa shape index (κ2) is 7.45. The molecule has 0 bridgehead atoms. The van der Waals surface area contributed by atoms with Crippen molar-refractivity contribution >= 4 is 15.7 Å². The van der Waals surface area contributed by atoms with Gasteiger partial charge in [-0.25, -0.2) is 8.42 Å². The van der Waals surface area contributed by atoms with Gasteiger partial charge in [0.15, 0.2) is 9.84 Å². The molecule has 6 heteroatoms. The molecule has 1 fully saturated rings. The average molecular weight is 338 g/mol. The van der Waals surface area contributed by atoms with Crippen LogP contribution in [0, 0.1) is 0 Å². The minimum absolute atomic E-state index is 0.0733. The first-order valence-electron chi connectivity index (χ1n) is 8.08. The Morgan fingerprint density at radius 3 is 2.48 bits per heavy atom. The maximum Gasteiger partial charge on any atom is 0.240 e. The van der Waals surface area contributed by atoms with Gasteiger partial charge in [-0.15, -0.1) is 0 Å². The van der Waals surface area contributed by atoms with Crippen LogP contribution in [0.15, 0.2) is 30.3 Å². The van der Waals surface area contributed by atoms with Gasteiger partial charge in [0, 0.05) is 38.5 Å². The predicted molar refractivity (Wildman–Crippen MR) is 91.8 cm³/mol. The Hall–Kier alpha value is -1.40. The van der Waals surface area contributed by atoms with Crippen molar-refractivity contribution in [2.45, 2.75) is 38.1 Å². The van der Waals surface area contributed by atoms with E-state index >= 15 is 0 Å². The van der Waals surface area contributed by atoms with Crippen LogP contribution in [0.1, 0.15) is 25.8 Å². The molecule has 1 aromatic rings. The molecule has 1 heterocycles. The van der Waals surface area contributed by atoms with E-state index < -0.39 is 15.1 Å². The maximum absolute atomic E-state index is 12.5. The van der Waals surface area contributed by atoms with E-state index in [1.54, 1.807) is 4.90 Å². The van der Waals surface area contributed by atoms with Crippen molar-refractivity contribution in [3.05, 3.63) is 35.9 Å². The van der Waals surface area contributed by atoms with E-state index in [0.717, 1.165) is 32.3 Å². The smallest absolute Gasteiger partial charge is 0.240 e. The summed E-state index contributed by atoms with van der Waals surface area (Å²) in [5.41, 5.74) is 1.26. The Bertz CT molecular complexity index is 630. The Labute approximate surface area is 139 Å². The maximum atomic E-state index is 12.5. The Morgan fingerprint density at radius 1 is 1.26 bits per heavy atom. The Morgan fingerprint density at radius 2 is 1.91 bits per heavy atom. The van der Waals surface area contributed by atoms with Gasteiger partial charge in [-0.05, 0) is 18.9 Å². The number of piperazine rings is 1. The molecule has 0 aromatic heterocycles. The SMILES string of the molecule is CC[C@H]1CN(Cc2ccccc2)CCN1C(=O)[C@@H](C)S(C)(=O)=O. The van der Waals surface area contributed by atoms with Gasteiger partial charge >= 0.3 is 0 Å². The summed E-state index contributed by atoms with van der Waals surface area (Å²) >= 11 is 0. The number of carbonyl (C=O) groups is 1. The number of nitrogens with zero attached hydrogens (tertiary/aromatic N) is 2. The fourth-order valence-electron chi connectivity index (χ4n) is 2.96. The first kappa shape index (κ1) is 17.9. The zero-order valence-corrected chi connectivity index (χ0v) is 14.9. The summed E-state index contributed by atoms with van der Waals surface area (Å²) in [7, 11) is -3.35. The molecule has 0 N–H and O–H groups in total. The molecular weight excluding hydrogens is 312 g/mol. The van der Waals surface area contributed by atoms with E-state index in [9.17, 15) is 13.2 Å². The predicted octanol–water partition coefficient (Wildman–Crippen LogP) is 1.54. The molecular formula is C17H26N2O3S. The molecule has 5 nitrogen and oxygen atoms in total. The third-order valence-corrected chi connectivity index (χ3v) is 6.05. The summed E-state index contributed by atoms with van der Waals surface area (Å²) in [5, 5.41) is -0.961. The van der Waals surface area contributed by atoms with Crippen LogP contribution in [0.4, 0.5) is 0 Å². The Balaban J connectivity index is 2.03. The van der Waals surface area contributed by atoms with Crippen LogP contribution in [0.3, 0.4) is 0 Å². The van der Waals surface area contributed by atoms with E-state index in [1.807, 2.05) is 25.1 Å². The van der Waals surface area contributed by atoms with E-state index in [0.29, 0.717) is 6.54 Å². The van der Waals surface area contributed by atoms with Gasteiger partial charge in [0.25, 0.3) is 0 Å². The van der Waals surface area contributed by atoms with E-state index in [1.165, 1.54) is 12.5 Å². The molecule has 1 aromatic carbocycles. The van der Waals surface area contributed by atoms with Crippen LogP contribution in [-0.4, -0.2) is 61.3 Å². The molecule has 0 aliphatic carbocycles. The second-order valence-corrected chi connectivity index (χ2v) is 8.65. The summed E-state index contributed by atoms with van der Waals surface area (Å²) in [4.78, 5) is 16.6. The van der Waals surface area contributed by atoms with Crippen molar-refractivity contribution in [3.8, 4) is 0 Å². The first-order chi connectivity index (χ1) is 10.8. The van der Waals surface area contributed by atoms with Crippen molar-refractivity contribution in [3.63, 3.8) is 0 Å². The molecule has 1 amide bonds. The third-order valence-electron chi connectivity index (χ3n) is 4.56. The molecule has 0 saturated carbocycles. The number of carbonyl (C=O) groups excluding carboxylic acids is 1. The number of hydrogen-bond acceptors (Lipinski definition) is 4. The molecule has 23 heavy (non-hydrogen) atoms. The number of rotatable bonds is 5. The van der Waals surface area contributed by atoms with Gasteiger partial charge in [0.05, 0.1) is 0 Å². The highest BCUT2D eigenvalue weighted by Crippen LogP contribution is 2.18. The monoisotopic (exact) mass is 338 g/mol. The molecule has 1 saturated heterocycles. The van der Waals surface area contributed by atoms with Gasteiger partial charge in [-0.2, -0.15) is 0 Å². The number of hydrogen-bond donors (Lipinski definition) is 0. The third kappa shape index (κ3) is 4.54. The fourth-order valence-corrected chi connectivity index (χ4v) is 3.46. The van der Waals surface area contributed by atoms with Crippen molar-refractivity contribution < 1.29 is 13.2 Å². The highest BCUT2D eigenvalue weighted by atomic mass is 32.2. The summed E-state index contributed by atoms with van der Waals surface area (Å²) in [6, 6.07) is 10.3. The molecule has 2 atom stereocenters. The van der Waals surface area contributed by atoms with Gasteiger partial charge in [-0.3, -0.25) is 9.69 Å². The van der Waals surface area contributed by atoms with Crippen molar-refractivity contribution in [2.24, 2.45) is 0 Å². The van der Waals surface area contributed by atoms with Crippen molar-refractivity contribution in [2.75, 3.05) is 25.9 Å². The molecule has 0 spiro atoms. The number of sulfone groups is 1. The molecule has 128 valence electrons. The molecule has 2 rings (SSSR count). The fraction of sp³-hybridized carbons (Fsp3) is 0.588. The van der Waals surface area contributed by atoms with Crippen LogP contribution in [0.25, 0.3) is 0 Å². The molecule has 0 unspecified atom stereocenters. The first-order valence-corrected chi connectivity index (χ1v) is 10.0.